The van der Waals surface area contributed by atoms with Crippen LogP contribution in [-0.2, 0) is 4.74 Å². The van der Waals surface area contributed by atoms with Crippen LogP contribution in [0.15, 0.2) is 31.0 Å². The monoisotopic (exact) mass is 315 g/mol. The third kappa shape index (κ3) is 3.49. The predicted octanol–water partition coefficient (Wildman–Crippen LogP) is 2.08. The first-order chi connectivity index (χ1) is 11.1. The molecule has 0 spiro atoms. The van der Waals surface area contributed by atoms with Crippen molar-refractivity contribution in [2.75, 3.05) is 18.0 Å². The smallest absolute Gasteiger partial charge is 0.342 e. The van der Waals surface area contributed by atoms with Crippen LogP contribution in [0.4, 0.5) is 5.82 Å². The van der Waals surface area contributed by atoms with Crippen LogP contribution in [-0.4, -0.2) is 44.9 Å². The van der Waals surface area contributed by atoms with Gasteiger partial charge in [0.25, 0.3) is 0 Å². The molecule has 3 rings (SSSR count). The second-order valence-electron chi connectivity index (χ2n) is 5.95. The molecule has 0 N–H and O–H groups in total. The van der Waals surface area contributed by atoms with Gasteiger partial charge in [-0.2, -0.15) is 5.10 Å². The summed E-state index contributed by atoms with van der Waals surface area (Å²) in [7, 11) is 0. The highest BCUT2D eigenvalue weighted by Crippen LogP contribution is 2.27. The van der Waals surface area contributed by atoms with Gasteiger partial charge in [0, 0.05) is 19.3 Å². The third-order valence-corrected chi connectivity index (χ3v) is 3.86. The summed E-state index contributed by atoms with van der Waals surface area (Å²) in [4.78, 5) is 22.9. The molecule has 0 aromatic carbocycles. The molecule has 1 atom stereocenters. The predicted molar refractivity (Wildman–Crippen MR) is 85.3 cm³/mol. The normalized spacial score (nSPS) is 18.2. The van der Waals surface area contributed by atoms with Crippen molar-refractivity contribution in [2.45, 2.75) is 38.8 Å². The Morgan fingerprint density at radius 1 is 1.43 bits per heavy atom. The van der Waals surface area contributed by atoms with Crippen molar-refractivity contribution in [1.29, 1.82) is 0 Å². The molecule has 0 saturated carbocycles. The van der Waals surface area contributed by atoms with Crippen LogP contribution in [0.1, 0.15) is 43.1 Å². The highest BCUT2D eigenvalue weighted by molar-refractivity contribution is 5.94. The maximum atomic E-state index is 12.3. The Morgan fingerprint density at radius 2 is 2.30 bits per heavy atom. The van der Waals surface area contributed by atoms with E-state index in [0.717, 1.165) is 25.9 Å². The van der Waals surface area contributed by atoms with E-state index in [1.165, 1.54) is 0 Å². The summed E-state index contributed by atoms with van der Waals surface area (Å²) in [5.74, 6) is 0.356. The molecule has 1 fully saturated rings. The van der Waals surface area contributed by atoms with Crippen molar-refractivity contribution >= 4 is 11.8 Å². The molecule has 0 bridgehead atoms. The lowest BCUT2D eigenvalue weighted by Crippen LogP contribution is -2.38. The van der Waals surface area contributed by atoms with Crippen molar-refractivity contribution in [2.24, 2.45) is 0 Å². The minimum atomic E-state index is -0.328. The van der Waals surface area contributed by atoms with E-state index in [1.807, 2.05) is 18.5 Å². The van der Waals surface area contributed by atoms with Crippen molar-refractivity contribution in [3.05, 3.63) is 36.5 Å². The number of ether oxygens (including phenoxy) is 1. The quantitative estimate of drug-likeness (QED) is 0.804. The van der Waals surface area contributed by atoms with Crippen molar-refractivity contribution in [3.8, 4) is 0 Å². The van der Waals surface area contributed by atoms with Crippen LogP contribution >= 0.6 is 0 Å². The number of carbonyl (C=O) groups is 1. The lowest BCUT2D eigenvalue weighted by Gasteiger charge is -2.34. The maximum absolute atomic E-state index is 12.3. The zero-order valence-electron chi connectivity index (χ0n) is 13.4. The van der Waals surface area contributed by atoms with Gasteiger partial charge in [0.1, 0.15) is 24.0 Å². The van der Waals surface area contributed by atoms with E-state index in [-0.39, 0.29) is 18.1 Å². The molecule has 1 unspecified atom stereocenters. The molecule has 1 aliphatic heterocycles. The lowest BCUT2D eigenvalue weighted by atomic mass is 10.1. The average Bonchev–Trinajstić information content (AvgIpc) is 3.09. The van der Waals surface area contributed by atoms with Gasteiger partial charge in [-0.15, -0.1) is 0 Å². The number of esters is 1. The Hall–Kier alpha value is -2.44. The van der Waals surface area contributed by atoms with Crippen LogP contribution in [0.5, 0.6) is 0 Å². The molecule has 7 nitrogen and oxygen atoms in total. The Labute approximate surface area is 135 Å². The minimum Gasteiger partial charge on any atom is -0.459 e. The minimum absolute atomic E-state index is 0.153. The number of hydrogen-bond donors (Lipinski definition) is 0. The summed E-state index contributed by atoms with van der Waals surface area (Å²) >= 11 is 0. The van der Waals surface area contributed by atoms with E-state index >= 15 is 0 Å². The van der Waals surface area contributed by atoms with Crippen molar-refractivity contribution in [1.82, 2.24) is 19.7 Å². The summed E-state index contributed by atoms with van der Waals surface area (Å²) in [6.07, 6.45) is 6.89. The van der Waals surface area contributed by atoms with Crippen LogP contribution < -0.4 is 4.90 Å². The molecule has 23 heavy (non-hydrogen) atoms. The van der Waals surface area contributed by atoms with Crippen molar-refractivity contribution in [3.63, 3.8) is 0 Å². The average molecular weight is 315 g/mol. The Bertz CT molecular complexity index is 656. The summed E-state index contributed by atoms with van der Waals surface area (Å²) in [5, 5.41) is 4.23. The second-order valence-corrected chi connectivity index (χ2v) is 5.95. The Balaban J connectivity index is 1.82. The molecule has 0 aliphatic carbocycles. The summed E-state index contributed by atoms with van der Waals surface area (Å²) in [6, 6.07) is 3.77. The van der Waals surface area contributed by atoms with Gasteiger partial charge in [0.2, 0.25) is 0 Å². The van der Waals surface area contributed by atoms with E-state index in [1.54, 1.807) is 31.0 Å². The number of rotatable bonds is 4. The number of carbonyl (C=O) groups excluding carboxylic acids is 1. The van der Waals surface area contributed by atoms with E-state index in [4.69, 9.17) is 4.74 Å². The zero-order chi connectivity index (χ0) is 16.2. The van der Waals surface area contributed by atoms with Crippen LogP contribution in [0, 0.1) is 0 Å². The highest BCUT2D eigenvalue weighted by atomic mass is 16.5. The Kier molecular flexibility index (Phi) is 4.55. The number of pyridine rings is 1. The van der Waals surface area contributed by atoms with Crippen LogP contribution in [0.3, 0.4) is 0 Å². The van der Waals surface area contributed by atoms with E-state index in [9.17, 15) is 4.79 Å². The number of aromatic nitrogens is 4. The number of piperidine rings is 1. The molecule has 1 aliphatic rings. The zero-order valence-corrected chi connectivity index (χ0v) is 13.4. The van der Waals surface area contributed by atoms with E-state index in [2.05, 4.69) is 20.0 Å². The van der Waals surface area contributed by atoms with E-state index in [0.29, 0.717) is 11.4 Å². The molecular formula is C16H21N5O2. The molecule has 7 heteroatoms. The number of nitrogens with zero attached hydrogens (tertiary/aromatic N) is 5. The van der Waals surface area contributed by atoms with Gasteiger partial charge in [0.05, 0.1) is 12.1 Å². The second kappa shape index (κ2) is 6.76. The third-order valence-electron chi connectivity index (χ3n) is 3.86. The summed E-state index contributed by atoms with van der Waals surface area (Å²) in [6.45, 7) is 5.30. The fourth-order valence-electron chi connectivity index (χ4n) is 2.85. The van der Waals surface area contributed by atoms with Gasteiger partial charge in [-0.25, -0.2) is 19.4 Å². The Morgan fingerprint density at radius 3 is 3.04 bits per heavy atom. The van der Waals surface area contributed by atoms with Gasteiger partial charge in [-0.3, -0.25) is 0 Å². The fraction of sp³-hybridized carbons (Fsp3) is 0.500. The van der Waals surface area contributed by atoms with Gasteiger partial charge >= 0.3 is 5.97 Å². The summed E-state index contributed by atoms with van der Waals surface area (Å²) < 4.78 is 7.21. The first-order valence-corrected chi connectivity index (χ1v) is 7.90. The first kappa shape index (κ1) is 15.5. The van der Waals surface area contributed by atoms with Crippen LogP contribution in [0.2, 0.25) is 0 Å². The highest BCUT2D eigenvalue weighted by Gasteiger charge is 2.26. The number of hydrogen-bond acceptors (Lipinski definition) is 6. The number of anilines is 1. The van der Waals surface area contributed by atoms with Gasteiger partial charge in [-0.1, -0.05) is 0 Å². The van der Waals surface area contributed by atoms with Crippen LogP contribution in [0.25, 0.3) is 0 Å². The van der Waals surface area contributed by atoms with Gasteiger partial charge in [0.15, 0.2) is 0 Å². The molecule has 1 saturated heterocycles. The largest absolute Gasteiger partial charge is 0.459 e. The molecule has 2 aromatic heterocycles. The first-order valence-electron chi connectivity index (χ1n) is 7.90. The SMILES string of the molecule is CC(C)OC(=O)c1cccnc1N1CCCC(n2cncn2)C1. The molecule has 2 aromatic rings. The standard InChI is InChI=1S/C16H21N5O2/c1-12(2)23-16(22)14-6-3-7-18-15(14)20-8-4-5-13(9-20)21-11-17-10-19-21/h3,6-7,10-13H,4-5,8-9H2,1-2H3. The van der Waals surface area contributed by atoms with Gasteiger partial charge < -0.3 is 9.64 Å². The molecule has 3 heterocycles. The molecule has 0 radical (unpaired) electrons. The lowest BCUT2D eigenvalue weighted by molar-refractivity contribution is 0.0378. The van der Waals surface area contributed by atoms with Crippen molar-refractivity contribution < 1.29 is 9.53 Å². The maximum Gasteiger partial charge on any atom is 0.342 e. The molecule has 122 valence electrons. The molecule has 0 amide bonds. The fourth-order valence-corrected chi connectivity index (χ4v) is 2.85. The van der Waals surface area contributed by atoms with E-state index < -0.39 is 0 Å². The summed E-state index contributed by atoms with van der Waals surface area (Å²) in [5.41, 5.74) is 0.514. The molecular weight excluding hydrogens is 294 g/mol. The van der Waals surface area contributed by atoms with Gasteiger partial charge in [-0.05, 0) is 38.8 Å². The topological polar surface area (TPSA) is 73.1 Å².